The first kappa shape index (κ1) is 22.2. The second-order valence-electron chi connectivity index (χ2n) is 7.58. The molecule has 1 aliphatic rings. The van der Waals surface area contributed by atoms with Gasteiger partial charge in [-0.05, 0) is 39.8 Å². The van der Waals surface area contributed by atoms with Gasteiger partial charge < -0.3 is 20.9 Å². The van der Waals surface area contributed by atoms with E-state index >= 15 is 0 Å². The zero-order chi connectivity index (χ0) is 19.7. The van der Waals surface area contributed by atoms with Crippen LogP contribution in [0, 0.1) is 5.41 Å². The predicted octanol–water partition coefficient (Wildman–Crippen LogP) is -0.134. The molecule has 0 saturated carbocycles. The zero-order valence-electron chi connectivity index (χ0n) is 17.2. The third kappa shape index (κ3) is 6.82. The average Bonchev–Trinajstić information content (AvgIpc) is 3.07. The lowest BCUT2D eigenvalue weighted by Crippen LogP contribution is -2.49. The number of rotatable bonds is 8. The van der Waals surface area contributed by atoms with Crippen molar-refractivity contribution in [1.82, 2.24) is 25.8 Å². The van der Waals surface area contributed by atoms with Crippen molar-refractivity contribution in [2.45, 2.75) is 39.7 Å². The van der Waals surface area contributed by atoms with E-state index in [9.17, 15) is 9.59 Å². The van der Waals surface area contributed by atoms with Crippen molar-refractivity contribution in [2.24, 2.45) is 10.4 Å². The number of carbonyl (C=O) groups is 2. The Labute approximate surface area is 157 Å². The van der Waals surface area contributed by atoms with E-state index in [0.29, 0.717) is 18.5 Å². The summed E-state index contributed by atoms with van der Waals surface area (Å²) in [7, 11) is 5.06. The molecule has 0 aromatic rings. The maximum Gasteiger partial charge on any atom is 0.243 e. The number of amides is 2. The van der Waals surface area contributed by atoms with Gasteiger partial charge in [-0.15, -0.1) is 0 Å². The van der Waals surface area contributed by atoms with Crippen LogP contribution in [0.4, 0.5) is 0 Å². The highest BCUT2D eigenvalue weighted by molar-refractivity contribution is 5.86. The summed E-state index contributed by atoms with van der Waals surface area (Å²) >= 11 is 0. The highest BCUT2D eigenvalue weighted by Crippen LogP contribution is 2.16. The minimum atomic E-state index is -0.578. The fourth-order valence-corrected chi connectivity index (χ4v) is 2.94. The highest BCUT2D eigenvalue weighted by atomic mass is 16.2. The number of nitrogens with zero attached hydrogens (tertiary/aromatic N) is 3. The SMILES string of the molecule is CCN1CCCC1CNC(=NCC(=O)N(C)C)NCC(C)(C)C(=O)NC. The van der Waals surface area contributed by atoms with E-state index in [1.807, 2.05) is 13.8 Å². The maximum atomic E-state index is 12.0. The van der Waals surface area contributed by atoms with Crippen molar-refractivity contribution in [3.05, 3.63) is 0 Å². The Morgan fingerprint density at radius 1 is 1.27 bits per heavy atom. The molecule has 0 aliphatic carbocycles. The van der Waals surface area contributed by atoms with Gasteiger partial charge in [0.2, 0.25) is 11.8 Å². The van der Waals surface area contributed by atoms with Crippen LogP contribution in [-0.4, -0.2) is 87.5 Å². The molecule has 150 valence electrons. The number of carbonyl (C=O) groups excluding carboxylic acids is 2. The Bertz CT molecular complexity index is 504. The van der Waals surface area contributed by atoms with E-state index in [4.69, 9.17) is 0 Å². The van der Waals surface area contributed by atoms with Gasteiger partial charge in [-0.1, -0.05) is 6.92 Å². The van der Waals surface area contributed by atoms with Gasteiger partial charge in [0.25, 0.3) is 0 Å². The van der Waals surface area contributed by atoms with Crippen molar-refractivity contribution < 1.29 is 9.59 Å². The third-order valence-corrected chi connectivity index (χ3v) is 4.82. The summed E-state index contributed by atoms with van der Waals surface area (Å²) in [5.74, 6) is 0.467. The number of hydrogen-bond acceptors (Lipinski definition) is 4. The second-order valence-corrected chi connectivity index (χ2v) is 7.58. The first-order chi connectivity index (χ1) is 12.2. The van der Waals surface area contributed by atoms with Crippen LogP contribution in [0.15, 0.2) is 4.99 Å². The minimum Gasteiger partial charge on any atom is -0.359 e. The lowest BCUT2D eigenvalue weighted by Gasteiger charge is -2.26. The summed E-state index contributed by atoms with van der Waals surface area (Å²) in [6, 6.07) is 0.475. The van der Waals surface area contributed by atoms with Crippen LogP contribution in [0.3, 0.4) is 0 Å². The molecule has 1 saturated heterocycles. The minimum absolute atomic E-state index is 0.0401. The predicted molar refractivity (Wildman–Crippen MR) is 105 cm³/mol. The molecule has 0 radical (unpaired) electrons. The Hall–Kier alpha value is -1.83. The fraction of sp³-hybridized carbons (Fsp3) is 0.833. The largest absolute Gasteiger partial charge is 0.359 e. The molecule has 1 aliphatic heterocycles. The molecule has 0 spiro atoms. The first-order valence-corrected chi connectivity index (χ1v) is 9.39. The zero-order valence-corrected chi connectivity index (χ0v) is 17.2. The molecule has 0 bridgehead atoms. The first-order valence-electron chi connectivity index (χ1n) is 9.39. The number of hydrogen-bond donors (Lipinski definition) is 3. The normalized spacial score (nSPS) is 18.5. The van der Waals surface area contributed by atoms with E-state index in [2.05, 4.69) is 32.8 Å². The average molecular weight is 369 g/mol. The summed E-state index contributed by atoms with van der Waals surface area (Å²) < 4.78 is 0. The number of aliphatic imine (C=N–C) groups is 1. The molecule has 1 atom stereocenters. The van der Waals surface area contributed by atoms with Crippen LogP contribution in [0.25, 0.3) is 0 Å². The van der Waals surface area contributed by atoms with Gasteiger partial charge in [-0.2, -0.15) is 0 Å². The molecule has 26 heavy (non-hydrogen) atoms. The molecule has 3 N–H and O–H groups in total. The molecular weight excluding hydrogens is 332 g/mol. The molecule has 2 amide bonds. The van der Waals surface area contributed by atoms with Gasteiger partial charge in [0.05, 0.1) is 5.41 Å². The number of nitrogens with one attached hydrogen (secondary N) is 3. The lowest BCUT2D eigenvalue weighted by molar-refractivity contribution is -0.128. The standard InChI is InChI=1S/C18H36N6O2/c1-7-24-10-8-9-14(24)11-20-17(21-12-15(25)23(5)6)22-13-18(2,3)16(26)19-4/h14H,7-13H2,1-6H3,(H,19,26)(H2,20,21,22). The summed E-state index contributed by atoms with van der Waals surface area (Å²) in [5, 5.41) is 9.24. The van der Waals surface area contributed by atoms with Gasteiger partial charge in [-0.3, -0.25) is 14.5 Å². The lowest BCUT2D eigenvalue weighted by atomic mass is 9.92. The van der Waals surface area contributed by atoms with E-state index in [0.717, 1.165) is 26.1 Å². The van der Waals surface area contributed by atoms with Crippen LogP contribution >= 0.6 is 0 Å². The maximum absolute atomic E-state index is 12.0. The quantitative estimate of drug-likeness (QED) is 0.410. The molecule has 1 rings (SSSR count). The van der Waals surface area contributed by atoms with Gasteiger partial charge >= 0.3 is 0 Å². The smallest absolute Gasteiger partial charge is 0.243 e. The van der Waals surface area contributed by atoms with Crippen molar-refractivity contribution >= 4 is 17.8 Å². The van der Waals surface area contributed by atoms with Crippen molar-refractivity contribution in [3.63, 3.8) is 0 Å². The van der Waals surface area contributed by atoms with Crippen LogP contribution in [0.5, 0.6) is 0 Å². The van der Waals surface area contributed by atoms with Gasteiger partial charge in [0, 0.05) is 40.3 Å². The molecular formula is C18H36N6O2. The highest BCUT2D eigenvalue weighted by Gasteiger charge is 2.27. The summed E-state index contributed by atoms with van der Waals surface area (Å²) in [4.78, 5) is 32.2. The van der Waals surface area contributed by atoms with Gasteiger partial charge in [0.15, 0.2) is 5.96 Å². The molecule has 0 aromatic heterocycles. The van der Waals surface area contributed by atoms with E-state index in [1.165, 1.54) is 11.3 Å². The van der Waals surface area contributed by atoms with E-state index in [1.54, 1.807) is 21.1 Å². The monoisotopic (exact) mass is 368 g/mol. The van der Waals surface area contributed by atoms with Crippen molar-refractivity contribution in [1.29, 1.82) is 0 Å². The number of likely N-dealkylation sites (tertiary alicyclic amines) is 1. The van der Waals surface area contributed by atoms with E-state index in [-0.39, 0.29) is 18.4 Å². The molecule has 1 heterocycles. The molecule has 8 heteroatoms. The fourth-order valence-electron chi connectivity index (χ4n) is 2.94. The van der Waals surface area contributed by atoms with Crippen LogP contribution in [0.1, 0.15) is 33.6 Å². The summed E-state index contributed by atoms with van der Waals surface area (Å²) in [5.41, 5.74) is -0.578. The Balaban J connectivity index is 2.70. The topological polar surface area (TPSA) is 89.1 Å². The van der Waals surface area contributed by atoms with Gasteiger partial charge in [-0.25, -0.2) is 4.99 Å². The number of guanidine groups is 1. The Kier molecular flexibility index (Phi) is 8.84. The molecule has 0 aromatic carbocycles. The Morgan fingerprint density at radius 2 is 1.96 bits per heavy atom. The van der Waals surface area contributed by atoms with Crippen LogP contribution < -0.4 is 16.0 Å². The van der Waals surface area contributed by atoms with Crippen LogP contribution in [0.2, 0.25) is 0 Å². The molecule has 1 fully saturated rings. The third-order valence-electron chi connectivity index (χ3n) is 4.82. The van der Waals surface area contributed by atoms with Crippen molar-refractivity contribution in [3.8, 4) is 0 Å². The summed E-state index contributed by atoms with van der Waals surface area (Å²) in [6.07, 6.45) is 2.37. The van der Waals surface area contributed by atoms with Crippen molar-refractivity contribution in [2.75, 3.05) is 53.9 Å². The second kappa shape index (κ2) is 10.4. The summed E-state index contributed by atoms with van der Waals surface area (Å²) in [6.45, 7) is 9.36. The van der Waals surface area contributed by atoms with Crippen LogP contribution in [-0.2, 0) is 9.59 Å². The van der Waals surface area contributed by atoms with E-state index < -0.39 is 5.41 Å². The molecule has 1 unspecified atom stereocenters. The number of likely N-dealkylation sites (N-methyl/N-ethyl adjacent to an activating group) is 2. The Morgan fingerprint density at radius 3 is 2.54 bits per heavy atom. The molecule has 8 nitrogen and oxygen atoms in total. The van der Waals surface area contributed by atoms with Gasteiger partial charge in [0.1, 0.15) is 6.54 Å².